The van der Waals surface area contributed by atoms with Crippen molar-refractivity contribution in [3.63, 3.8) is 0 Å². The van der Waals surface area contributed by atoms with Gasteiger partial charge in [0.2, 0.25) is 0 Å². The van der Waals surface area contributed by atoms with Crippen LogP contribution in [0.25, 0.3) is 0 Å². The van der Waals surface area contributed by atoms with Gasteiger partial charge < -0.3 is 15.2 Å². The fourth-order valence-electron chi connectivity index (χ4n) is 2.58. The maximum atomic E-state index is 10.3. The topological polar surface area (TPSA) is 41.5 Å². The van der Waals surface area contributed by atoms with Gasteiger partial charge in [0.25, 0.3) is 0 Å². The highest BCUT2D eigenvalue weighted by atomic mass is 16.5. The standard InChI is InChI=1S/C15H21NO2/c1-15(2)8-10-4-3-5-12(14(10)18-15)13(17)9-16-11-6-7-11/h3-5,11,13,16-17H,6-9H2,1-2H3. The van der Waals surface area contributed by atoms with E-state index in [0.717, 1.165) is 17.7 Å². The Hall–Kier alpha value is -1.06. The first-order valence-corrected chi connectivity index (χ1v) is 6.77. The summed E-state index contributed by atoms with van der Waals surface area (Å²) >= 11 is 0. The zero-order valence-corrected chi connectivity index (χ0v) is 11.1. The molecule has 0 spiro atoms. The lowest BCUT2D eigenvalue weighted by Crippen LogP contribution is -2.26. The number of aliphatic hydroxyl groups excluding tert-OH is 1. The van der Waals surface area contributed by atoms with Crippen molar-refractivity contribution >= 4 is 0 Å². The molecule has 1 aromatic carbocycles. The van der Waals surface area contributed by atoms with Gasteiger partial charge in [0.1, 0.15) is 11.4 Å². The predicted molar refractivity (Wildman–Crippen MR) is 70.8 cm³/mol. The van der Waals surface area contributed by atoms with Gasteiger partial charge in [-0.15, -0.1) is 0 Å². The molecular formula is C15H21NO2. The van der Waals surface area contributed by atoms with E-state index in [4.69, 9.17) is 4.74 Å². The van der Waals surface area contributed by atoms with Crippen LogP contribution in [0.15, 0.2) is 18.2 Å². The van der Waals surface area contributed by atoms with Crippen LogP contribution >= 0.6 is 0 Å². The molecule has 0 aromatic heterocycles. The number of hydrogen-bond acceptors (Lipinski definition) is 3. The third-order valence-corrected chi connectivity index (χ3v) is 3.66. The van der Waals surface area contributed by atoms with E-state index in [9.17, 15) is 5.11 Å². The zero-order chi connectivity index (χ0) is 12.8. The summed E-state index contributed by atoms with van der Waals surface area (Å²) in [5.41, 5.74) is 1.98. The van der Waals surface area contributed by atoms with Crippen LogP contribution in [0.5, 0.6) is 5.75 Å². The Bertz CT molecular complexity index is 452. The highest BCUT2D eigenvalue weighted by Gasteiger charge is 2.33. The molecule has 1 aromatic rings. The molecule has 1 saturated carbocycles. The average molecular weight is 247 g/mol. The number of rotatable bonds is 4. The van der Waals surface area contributed by atoms with E-state index < -0.39 is 6.10 Å². The summed E-state index contributed by atoms with van der Waals surface area (Å²) in [6.07, 6.45) is 2.92. The van der Waals surface area contributed by atoms with Crippen LogP contribution in [-0.4, -0.2) is 23.3 Å². The molecule has 0 amide bonds. The van der Waals surface area contributed by atoms with Gasteiger partial charge in [-0.2, -0.15) is 0 Å². The van der Waals surface area contributed by atoms with E-state index in [1.54, 1.807) is 0 Å². The summed E-state index contributed by atoms with van der Waals surface area (Å²) < 4.78 is 5.98. The van der Waals surface area contributed by atoms with Crippen LogP contribution < -0.4 is 10.1 Å². The number of hydrogen-bond donors (Lipinski definition) is 2. The molecule has 3 nitrogen and oxygen atoms in total. The summed E-state index contributed by atoms with van der Waals surface area (Å²) in [6, 6.07) is 6.70. The molecule has 0 bridgehead atoms. The maximum absolute atomic E-state index is 10.3. The van der Waals surface area contributed by atoms with Crippen LogP contribution in [-0.2, 0) is 6.42 Å². The van der Waals surface area contributed by atoms with Gasteiger partial charge in [0.15, 0.2) is 0 Å². The number of ether oxygens (including phenoxy) is 1. The molecule has 18 heavy (non-hydrogen) atoms. The van der Waals surface area contributed by atoms with E-state index in [0.29, 0.717) is 12.6 Å². The molecular weight excluding hydrogens is 226 g/mol. The zero-order valence-electron chi connectivity index (χ0n) is 11.1. The highest BCUT2D eigenvalue weighted by molar-refractivity contribution is 5.46. The lowest BCUT2D eigenvalue weighted by molar-refractivity contribution is 0.125. The Morgan fingerprint density at radius 2 is 2.22 bits per heavy atom. The molecule has 98 valence electrons. The first kappa shape index (κ1) is 12.0. The van der Waals surface area contributed by atoms with E-state index in [-0.39, 0.29) is 5.60 Å². The second-order valence-electron chi connectivity index (χ2n) is 6.07. The van der Waals surface area contributed by atoms with Crippen molar-refractivity contribution in [3.8, 4) is 5.75 Å². The monoisotopic (exact) mass is 247 g/mol. The maximum Gasteiger partial charge on any atom is 0.129 e. The lowest BCUT2D eigenvalue weighted by atomic mass is 9.99. The molecule has 1 fully saturated rings. The quantitative estimate of drug-likeness (QED) is 0.857. The minimum Gasteiger partial charge on any atom is -0.487 e. The molecule has 1 aliphatic heterocycles. The van der Waals surface area contributed by atoms with Crippen molar-refractivity contribution in [2.45, 2.75) is 50.9 Å². The fraction of sp³-hybridized carbons (Fsp3) is 0.600. The fourth-order valence-corrected chi connectivity index (χ4v) is 2.58. The summed E-state index contributed by atoms with van der Waals surface area (Å²) in [5.74, 6) is 0.896. The molecule has 3 heteroatoms. The van der Waals surface area contributed by atoms with E-state index in [1.165, 1.54) is 18.4 Å². The number of nitrogens with one attached hydrogen (secondary N) is 1. The first-order chi connectivity index (χ1) is 8.55. The molecule has 0 saturated heterocycles. The summed E-state index contributed by atoms with van der Waals surface area (Å²) in [7, 11) is 0. The highest BCUT2D eigenvalue weighted by Crippen LogP contribution is 2.39. The van der Waals surface area contributed by atoms with Crippen molar-refractivity contribution in [2.24, 2.45) is 0 Å². The molecule has 1 unspecified atom stereocenters. The van der Waals surface area contributed by atoms with Crippen molar-refractivity contribution in [1.82, 2.24) is 5.32 Å². The van der Waals surface area contributed by atoms with Crippen LogP contribution in [0.4, 0.5) is 0 Å². The number of aliphatic hydroxyl groups is 1. The average Bonchev–Trinajstić information content (AvgIpc) is 3.06. The normalized spacial score (nSPS) is 22.4. The Morgan fingerprint density at radius 1 is 1.44 bits per heavy atom. The predicted octanol–water partition coefficient (Wildman–Crippen LogP) is 2.19. The van der Waals surface area contributed by atoms with E-state index in [1.807, 2.05) is 12.1 Å². The van der Waals surface area contributed by atoms with Gasteiger partial charge in [0, 0.05) is 24.6 Å². The number of para-hydroxylation sites is 1. The van der Waals surface area contributed by atoms with Gasteiger partial charge in [0.05, 0.1) is 6.10 Å². The molecule has 0 radical (unpaired) electrons. The lowest BCUT2D eigenvalue weighted by Gasteiger charge is -2.20. The van der Waals surface area contributed by atoms with Crippen LogP contribution in [0.2, 0.25) is 0 Å². The molecule has 1 aliphatic carbocycles. The minimum atomic E-state index is -0.477. The third-order valence-electron chi connectivity index (χ3n) is 3.66. The SMILES string of the molecule is CC1(C)Cc2cccc(C(O)CNC3CC3)c2O1. The number of fused-ring (bicyclic) bond motifs is 1. The van der Waals surface area contributed by atoms with E-state index >= 15 is 0 Å². The van der Waals surface area contributed by atoms with Crippen molar-refractivity contribution in [3.05, 3.63) is 29.3 Å². The van der Waals surface area contributed by atoms with Crippen molar-refractivity contribution < 1.29 is 9.84 Å². The largest absolute Gasteiger partial charge is 0.487 e. The Kier molecular flexibility index (Phi) is 2.83. The smallest absolute Gasteiger partial charge is 0.129 e. The first-order valence-electron chi connectivity index (χ1n) is 6.77. The molecule has 2 aliphatic rings. The molecule has 2 N–H and O–H groups in total. The Labute approximate surface area is 108 Å². The molecule has 1 atom stereocenters. The summed E-state index contributed by atoms with van der Waals surface area (Å²) in [5, 5.41) is 13.7. The minimum absolute atomic E-state index is 0.151. The second kappa shape index (κ2) is 4.25. The van der Waals surface area contributed by atoms with Crippen molar-refractivity contribution in [1.29, 1.82) is 0 Å². The molecule has 3 rings (SSSR count). The summed E-state index contributed by atoms with van der Waals surface area (Å²) in [4.78, 5) is 0. The Morgan fingerprint density at radius 3 is 2.94 bits per heavy atom. The van der Waals surface area contributed by atoms with Gasteiger partial charge in [-0.05, 0) is 32.3 Å². The van der Waals surface area contributed by atoms with Crippen LogP contribution in [0.1, 0.15) is 43.9 Å². The van der Waals surface area contributed by atoms with Gasteiger partial charge >= 0.3 is 0 Å². The molecule has 1 heterocycles. The third kappa shape index (κ3) is 2.38. The Balaban J connectivity index is 1.78. The van der Waals surface area contributed by atoms with E-state index in [2.05, 4.69) is 25.2 Å². The van der Waals surface area contributed by atoms with Crippen LogP contribution in [0.3, 0.4) is 0 Å². The second-order valence-corrected chi connectivity index (χ2v) is 6.07. The number of benzene rings is 1. The van der Waals surface area contributed by atoms with Gasteiger partial charge in [-0.1, -0.05) is 18.2 Å². The van der Waals surface area contributed by atoms with Crippen molar-refractivity contribution in [2.75, 3.05) is 6.54 Å². The summed E-state index contributed by atoms with van der Waals surface area (Å²) in [6.45, 7) is 4.79. The van der Waals surface area contributed by atoms with Gasteiger partial charge in [-0.3, -0.25) is 0 Å². The van der Waals surface area contributed by atoms with Crippen LogP contribution in [0, 0.1) is 0 Å². The van der Waals surface area contributed by atoms with Gasteiger partial charge in [-0.25, -0.2) is 0 Å².